The van der Waals surface area contributed by atoms with Gasteiger partial charge in [-0.3, -0.25) is 9.40 Å². The molecule has 0 atom stereocenters. The number of nitrogens with zero attached hydrogens (tertiary/aromatic N) is 2. The van der Waals surface area contributed by atoms with Crippen molar-refractivity contribution in [2.75, 3.05) is 4.72 Å². The quantitative estimate of drug-likeness (QED) is 0.907. The van der Waals surface area contributed by atoms with Gasteiger partial charge in [0.15, 0.2) is 0 Å². The second kappa shape index (κ2) is 6.30. The van der Waals surface area contributed by atoms with Crippen LogP contribution in [0.5, 0.6) is 0 Å². The largest absolute Gasteiger partial charge is 0.276 e. The first-order valence-corrected chi connectivity index (χ1v) is 9.00. The zero-order valence-corrected chi connectivity index (χ0v) is 14.7. The summed E-state index contributed by atoms with van der Waals surface area (Å²) in [5, 5.41) is 4.58. The maximum atomic E-state index is 12.7. The molecular weight excluding hydrogens is 322 g/mol. The van der Waals surface area contributed by atoms with Crippen molar-refractivity contribution >= 4 is 27.3 Å². The Labute approximate surface area is 136 Å². The molecule has 1 N–H and O–H groups in total. The van der Waals surface area contributed by atoms with Crippen molar-refractivity contribution in [3.63, 3.8) is 0 Å². The highest BCUT2D eigenvalue weighted by atomic mass is 35.5. The Hall–Kier alpha value is -1.53. The predicted molar refractivity (Wildman–Crippen MR) is 89.0 cm³/mol. The third-order valence-corrected chi connectivity index (χ3v) is 5.35. The maximum Gasteiger partial charge on any atom is 0.263 e. The van der Waals surface area contributed by atoms with Gasteiger partial charge in [-0.25, -0.2) is 8.42 Å². The summed E-state index contributed by atoms with van der Waals surface area (Å²) < 4.78 is 29.8. The lowest BCUT2D eigenvalue weighted by atomic mass is 10.2. The second-order valence-electron chi connectivity index (χ2n) is 5.14. The first-order valence-electron chi connectivity index (χ1n) is 7.13. The summed E-state index contributed by atoms with van der Waals surface area (Å²) in [6, 6.07) is 4.94. The van der Waals surface area contributed by atoms with Crippen LogP contribution >= 0.6 is 11.6 Å². The summed E-state index contributed by atoms with van der Waals surface area (Å²) in [6.07, 6.45) is 1.33. The zero-order chi connectivity index (χ0) is 16.5. The van der Waals surface area contributed by atoms with Crippen molar-refractivity contribution in [1.82, 2.24) is 9.78 Å². The Bertz CT molecular complexity index is 797. The highest BCUT2D eigenvalue weighted by Crippen LogP contribution is 2.28. The standard InChI is InChI=1S/C15H20ClN3O2S/c1-5-12-15(13(6-2)19(4)17-12)18-22(20,21)14-9-10(3)7-8-11(14)16/h7-9,18H,5-6H2,1-4H3. The highest BCUT2D eigenvalue weighted by molar-refractivity contribution is 7.92. The van der Waals surface area contributed by atoms with Gasteiger partial charge in [0, 0.05) is 7.05 Å². The molecule has 0 aliphatic rings. The van der Waals surface area contributed by atoms with Gasteiger partial charge >= 0.3 is 0 Å². The number of sulfonamides is 1. The fraction of sp³-hybridized carbons (Fsp3) is 0.400. The van der Waals surface area contributed by atoms with Gasteiger partial charge in [0.1, 0.15) is 4.90 Å². The molecule has 0 fully saturated rings. The second-order valence-corrected chi connectivity index (χ2v) is 7.20. The zero-order valence-electron chi connectivity index (χ0n) is 13.1. The van der Waals surface area contributed by atoms with Crippen molar-refractivity contribution in [3.8, 4) is 0 Å². The van der Waals surface area contributed by atoms with Crippen LogP contribution in [0.1, 0.15) is 30.8 Å². The number of rotatable bonds is 5. The third-order valence-electron chi connectivity index (χ3n) is 3.52. The van der Waals surface area contributed by atoms with Crippen LogP contribution in [0.3, 0.4) is 0 Å². The van der Waals surface area contributed by atoms with E-state index in [-0.39, 0.29) is 9.92 Å². The lowest BCUT2D eigenvalue weighted by molar-refractivity contribution is 0.601. The summed E-state index contributed by atoms with van der Waals surface area (Å²) in [4.78, 5) is 0.0853. The van der Waals surface area contributed by atoms with Crippen LogP contribution in [-0.2, 0) is 29.9 Å². The van der Waals surface area contributed by atoms with E-state index in [1.54, 1.807) is 22.9 Å². The summed E-state index contributed by atoms with van der Waals surface area (Å²) in [5.41, 5.74) is 2.98. The van der Waals surface area contributed by atoms with Gasteiger partial charge < -0.3 is 0 Å². The van der Waals surface area contributed by atoms with E-state index in [1.807, 2.05) is 27.8 Å². The Kier molecular flexibility index (Phi) is 4.82. The van der Waals surface area contributed by atoms with E-state index < -0.39 is 10.0 Å². The molecule has 2 aromatic rings. The fourth-order valence-corrected chi connectivity index (χ4v) is 4.10. The molecule has 5 nitrogen and oxygen atoms in total. The molecule has 1 aromatic carbocycles. The monoisotopic (exact) mass is 341 g/mol. The van der Waals surface area contributed by atoms with E-state index in [1.165, 1.54) is 0 Å². The molecule has 0 bridgehead atoms. The van der Waals surface area contributed by atoms with E-state index in [0.29, 0.717) is 18.5 Å². The number of aryl methyl sites for hydroxylation is 3. The molecule has 2 rings (SSSR count). The fourth-order valence-electron chi connectivity index (χ4n) is 2.40. The minimum atomic E-state index is -3.75. The van der Waals surface area contributed by atoms with Crippen LogP contribution < -0.4 is 4.72 Å². The average molecular weight is 342 g/mol. The van der Waals surface area contributed by atoms with Crippen molar-refractivity contribution in [3.05, 3.63) is 40.2 Å². The van der Waals surface area contributed by atoms with Gasteiger partial charge in [0.25, 0.3) is 10.0 Å². The number of aromatic nitrogens is 2. The topological polar surface area (TPSA) is 64.0 Å². The van der Waals surface area contributed by atoms with Gasteiger partial charge in [-0.05, 0) is 37.5 Å². The van der Waals surface area contributed by atoms with E-state index in [0.717, 1.165) is 17.0 Å². The summed E-state index contributed by atoms with van der Waals surface area (Å²) in [6.45, 7) is 5.74. The van der Waals surface area contributed by atoms with Crippen LogP contribution in [0.4, 0.5) is 5.69 Å². The maximum absolute atomic E-state index is 12.7. The molecule has 0 spiro atoms. The van der Waals surface area contributed by atoms with Crippen LogP contribution in [0.15, 0.2) is 23.1 Å². The minimum absolute atomic E-state index is 0.0853. The lowest BCUT2D eigenvalue weighted by Gasteiger charge is -2.11. The molecule has 0 saturated heterocycles. The third kappa shape index (κ3) is 3.13. The van der Waals surface area contributed by atoms with E-state index in [9.17, 15) is 8.42 Å². The van der Waals surface area contributed by atoms with E-state index in [4.69, 9.17) is 11.6 Å². The Balaban J connectivity index is 2.52. The number of benzene rings is 1. The van der Waals surface area contributed by atoms with E-state index in [2.05, 4.69) is 9.82 Å². The minimum Gasteiger partial charge on any atom is -0.276 e. The molecule has 0 amide bonds. The Morgan fingerprint density at radius 1 is 1.27 bits per heavy atom. The number of anilines is 1. The average Bonchev–Trinajstić information content (AvgIpc) is 2.76. The summed E-state index contributed by atoms with van der Waals surface area (Å²) in [5.74, 6) is 0. The van der Waals surface area contributed by atoms with Crippen molar-refractivity contribution in [2.24, 2.45) is 7.05 Å². The predicted octanol–water partition coefficient (Wildman–Crippen LogP) is 3.31. The van der Waals surface area contributed by atoms with Crippen LogP contribution in [0.25, 0.3) is 0 Å². The smallest absolute Gasteiger partial charge is 0.263 e. The van der Waals surface area contributed by atoms with Crippen LogP contribution in [-0.4, -0.2) is 18.2 Å². The number of hydrogen-bond acceptors (Lipinski definition) is 3. The van der Waals surface area contributed by atoms with Gasteiger partial charge in [-0.1, -0.05) is 31.5 Å². The molecule has 7 heteroatoms. The number of hydrogen-bond donors (Lipinski definition) is 1. The molecule has 1 heterocycles. The molecule has 0 aliphatic heterocycles. The van der Waals surface area contributed by atoms with Crippen molar-refractivity contribution in [1.29, 1.82) is 0 Å². The molecule has 22 heavy (non-hydrogen) atoms. The molecular formula is C15H20ClN3O2S. The Morgan fingerprint density at radius 2 is 1.95 bits per heavy atom. The summed E-state index contributed by atoms with van der Waals surface area (Å²) in [7, 11) is -1.94. The summed E-state index contributed by atoms with van der Waals surface area (Å²) >= 11 is 6.06. The first kappa shape index (κ1) is 16.8. The molecule has 0 saturated carbocycles. The van der Waals surface area contributed by atoms with Crippen LogP contribution in [0.2, 0.25) is 5.02 Å². The van der Waals surface area contributed by atoms with Crippen molar-refractivity contribution < 1.29 is 8.42 Å². The molecule has 120 valence electrons. The SMILES string of the molecule is CCc1nn(C)c(CC)c1NS(=O)(=O)c1cc(C)ccc1Cl. The molecule has 0 radical (unpaired) electrons. The van der Waals surface area contributed by atoms with Gasteiger partial charge in [0.2, 0.25) is 0 Å². The normalized spacial score (nSPS) is 11.7. The lowest BCUT2D eigenvalue weighted by Crippen LogP contribution is -2.15. The Morgan fingerprint density at radius 3 is 2.55 bits per heavy atom. The highest BCUT2D eigenvalue weighted by Gasteiger charge is 2.23. The number of halogens is 1. The van der Waals surface area contributed by atoms with Gasteiger partial charge in [-0.15, -0.1) is 0 Å². The molecule has 0 aliphatic carbocycles. The number of nitrogens with one attached hydrogen (secondary N) is 1. The van der Waals surface area contributed by atoms with Gasteiger partial charge in [0.05, 0.1) is 22.1 Å². The van der Waals surface area contributed by atoms with E-state index >= 15 is 0 Å². The van der Waals surface area contributed by atoms with Crippen molar-refractivity contribution in [2.45, 2.75) is 38.5 Å². The van der Waals surface area contributed by atoms with Gasteiger partial charge in [-0.2, -0.15) is 5.10 Å². The molecule has 1 aromatic heterocycles. The first-order chi connectivity index (χ1) is 10.3. The van der Waals surface area contributed by atoms with Crippen LogP contribution in [0, 0.1) is 6.92 Å². The molecule has 0 unspecified atom stereocenters.